The van der Waals surface area contributed by atoms with Gasteiger partial charge in [0.15, 0.2) is 0 Å². The standard InChI is InChI=1S/C13H15N3O2S/c1-3-16(8-10-5-4-6-19-10)13-14-7-11(12(17)18)9(2)15-13/h4-7H,3,8H2,1-2H3,(H,17,18). The van der Waals surface area contributed by atoms with Crippen LogP contribution in [0.2, 0.25) is 0 Å². The smallest absolute Gasteiger partial charge is 0.339 e. The van der Waals surface area contributed by atoms with Gasteiger partial charge in [0.05, 0.1) is 17.8 Å². The molecule has 2 aromatic heterocycles. The molecule has 0 saturated heterocycles. The van der Waals surface area contributed by atoms with Crippen LogP contribution in [0.15, 0.2) is 23.7 Å². The Balaban J connectivity index is 2.23. The molecule has 0 spiro atoms. The maximum absolute atomic E-state index is 10.9. The molecule has 19 heavy (non-hydrogen) atoms. The maximum Gasteiger partial charge on any atom is 0.339 e. The quantitative estimate of drug-likeness (QED) is 0.909. The van der Waals surface area contributed by atoms with E-state index in [0.717, 1.165) is 13.1 Å². The van der Waals surface area contributed by atoms with Crippen molar-refractivity contribution >= 4 is 23.3 Å². The molecule has 2 aromatic rings. The predicted octanol–water partition coefficient (Wildman–Crippen LogP) is 2.57. The van der Waals surface area contributed by atoms with E-state index in [0.29, 0.717) is 11.6 Å². The molecular formula is C13H15N3O2S. The molecule has 0 saturated carbocycles. The summed E-state index contributed by atoms with van der Waals surface area (Å²) in [5, 5.41) is 11.0. The number of carboxylic acid groups (broad SMARTS) is 1. The predicted molar refractivity (Wildman–Crippen MR) is 74.8 cm³/mol. The van der Waals surface area contributed by atoms with Gasteiger partial charge in [-0.25, -0.2) is 14.8 Å². The number of anilines is 1. The molecule has 5 nitrogen and oxygen atoms in total. The highest BCUT2D eigenvalue weighted by molar-refractivity contribution is 7.09. The number of rotatable bonds is 5. The number of hydrogen-bond donors (Lipinski definition) is 1. The average molecular weight is 277 g/mol. The SMILES string of the molecule is CCN(Cc1cccs1)c1ncc(C(=O)O)c(C)n1. The van der Waals surface area contributed by atoms with Crippen LogP contribution in [0.3, 0.4) is 0 Å². The molecule has 0 fully saturated rings. The minimum Gasteiger partial charge on any atom is -0.478 e. The van der Waals surface area contributed by atoms with Crippen molar-refractivity contribution < 1.29 is 9.90 Å². The van der Waals surface area contributed by atoms with Gasteiger partial charge in [0.2, 0.25) is 5.95 Å². The summed E-state index contributed by atoms with van der Waals surface area (Å²) in [5.74, 6) is -0.427. The molecule has 6 heteroatoms. The van der Waals surface area contributed by atoms with Crippen molar-refractivity contribution in [3.63, 3.8) is 0 Å². The van der Waals surface area contributed by atoms with Crippen LogP contribution in [0.5, 0.6) is 0 Å². The van der Waals surface area contributed by atoms with Crippen LogP contribution in [-0.2, 0) is 6.54 Å². The van der Waals surface area contributed by atoms with Gasteiger partial charge in [-0.3, -0.25) is 0 Å². The Kier molecular flexibility index (Phi) is 4.11. The molecule has 0 amide bonds. The zero-order chi connectivity index (χ0) is 13.8. The first kappa shape index (κ1) is 13.5. The Labute approximate surface area is 115 Å². The monoisotopic (exact) mass is 277 g/mol. The molecule has 0 aliphatic carbocycles. The highest BCUT2D eigenvalue weighted by atomic mass is 32.1. The lowest BCUT2D eigenvalue weighted by atomic mass is 10.2. The molecule has 0 aliphatic rings. The number of thiophene rings is 1. The van der Waals surface area contributed by atoms with E-state index in [-0.39, 0.29) is 5.56 Å². The topological polar surface area (TPSA) is 66.3 Å². The van der Waals surface area contributed by atoms with Crippen molar-refractivity contribution in [3.05, 3.63) is 39.8 Å². The first-order valence-corrected chi connectivity index (χ1v) is 6.84. The zero-order valence-electron chi connectivity index (χ0n) is 10.8. The van der Waals surface area contributed by atoms with Gasteiger partial charge < -0.3 is 10.0 Å². The second kappa shape index (κ2) is 5.79. The first-order valence-electron chi connectivity index (χ1n) is 5.96. The van der Waals surface area contributed by atoms with Crippen LogP contribution in [0.4, 0.5) is 5.95 Å². The number of nitrogens with zero attached hydrogens (tertiary/aromatic N) is 3. The fraction of sp³-hybridized carbons (Fsp3) is 0.308. The van der Waals surface area contributed by atoms with Crippen molar-refractivity contribution in [3.8, 4) is 0 Å². The summed E-state index contributed by atoms with van der Waals surface area (Å²) >= 11 is 1.68. The minimum atomic E-state index is -0.995. The number of aryl methyl sites for hydroxylation is 1. The summed E-state index contributed by atoms with van der Waals surface area (Å²) < 4.78 is 0. The highest BCUT2D eigenvalue weighted by Gasteiger charge is 2.14. The van der Waals surface area contributed by atoms with E-state index in [1.807, 2.05) is 23.3 Å². The second-order valence-corrected chi connectivity index (χ2v) is 5.10. The first-order chi connectivity index (χ1) is 9.11. The summed E-state index contributed by atoms with van der Waals surface area (Å²) in [5.41, 5.74) is 0.637. The number of hydrogen-bond acceptors (Lipinski definition) is 5. The third kappa shape index (κ3) is 3.08. The largest absolute Gasteiger partial charge is 0.478 e. The normalized spacial score (nSPS) is 10.4. The minimum absolute atomic E-state index is 0.149. The number of aromatic carboxylic acids is 1. The Morgan fingerprint density at radius 2 is 2.32 bits per heavy atom. The van der Waals surface area contributed by atoms with Crippen LogP contribution < -0.4 is 4.90 Å². The Morgan fingerprint density at radius 1 is 1.53 bits per heavy atom. The summed E-state index contributed by atoms with van der Waals surface area (Å²) in [4.78, 5) is 22.6. The van der Waals surface area contributed by atoms with Crippen molar-refractivity contribution in [2.24, 2.45) is 0 Å². The summed E-state index contributed by atoms with van der Waals surface area (Å²) in [6, 6.07) is 4.07. The number of carboxylic acids is 1. The second-order valence-electron chi connectivity index (χ2n) is 4.07. The number of aromatic nitrogens is 2. The van der Waals surface area contributed by atoms with Crippen LogP contribution in [0.1, 0.15) is 27.9 Å². The Hall–Kier alpha value is -1.95. The van der Waals surface area contributed by atoms with Gasteiger partial charge in [0, 0.05) is 17.6 Å². The van der Waals surface area contributed by atoms with E-state index in [9.17, 15) is 4.79 Å². The third-order valence-electron chi connectivity index (χ3n) is 2.79. The van der Waals surface area contributed by atoms with Gasteiger partial charge in [-0.1, -0.05) is 6.07 Å². The van der Waals surface area contributed by atoms with Gasteiger partial charge >= 0.3 is 5.97 Å². The van der Waals surface area contributed by atoms with Crippen molar-refractivity contribution in [2.75, 3.05) is 11.4 Å². The van der Waals surface area contributed by atoms with E-state index in [1.54, 1.807) is 18.3 Å². The zero-order valence-corrected chi connectivity index (χ0v) is 11.6. The van der Waals surface area contributed by atoms with Gasteiger partial charge in [0.25, 0.3) is 0 Å². The van der Waals surface area contributed by atoms with E-state index < -0.39 is 5.97 Å². The van der Waals surface area contributed by atoms with Crippen LogP contribution >= 0.6 is 11.3 Å². The summed E-state index contributed by atoms with van der Waals surface area (Å²) in [7, 11) is 0. The van der Waals surface area contributed by atoms with E-state index in [2.05, 4.69) is 16.0 Å². The molecule has 1 N–H and O–H groups in total. The molecule has 0 unspecified atom stereocenters. The Morgan fingerprint density at radius 3 is 2.84 bits per heavy atom. The number of carbonyl (C=O) groups is 1. The van der Waals surface area contributed by atoms with Gasteiger partial charge in [0.1, 0.15) is 0 Å². The third-order valence-corrected chi connectivity index (χ3v) is 3.65. The molecule has 0 radical (unpaired) electrons. The molecule has 100 valence electrons. The van der Waals surface area contributed by atoms with E-state index in [4.69, 9.17) is 5.11 Å². The van der Waals surface area contributed by atoms with Crippen molar-refractivity contribution in [1.82, 2.24) is 9.97 Å². The fourth-order valence-electron chi connectivity index (χ4n) is 1.73. The maximum atomic E-state index is 10.9. The van der Waals surface area contributed by atoms with E-state index in [1.165, 1.54) is 11.1 Å². The lowest BCUT2D eigenvalue weighted by Crippen LogP contribution is -2.24. The van der Waals surface area contributed by atoms with Crippen LogP contribution in [0.25, 0.3) is 0 Å². The van der Waals surface area contributed by atoms with Crippen molar-refractivity contribution in [2.45, 2.75) is 20.4 Å². The summed E-state index contributed by atoms with van der Waals surface area (Å²) in [6.45, 7) is 5.22. The molecule has 0 aliphatic heterocycles. The highest BCUT2D eigenvalue weighted by Crippen LogP contribution is 2.17. The van der Waals surface area contributed by atoms with Crippen molar-refractivity contribution in [1.29, 1.82) is 0 Å². The molecule has 2 heterocycles. The molecular weight excluding hydrogens is 262 g/mol. The summed E-state index contributed by atoms with van der Waals surface area (Å²) in [6.07, 6.45) is 1.37. The van der Waals surface area contributed by atoms with Gasteiger partial charge in [-0.05, 0) is 25.3 Å². The van der Waals surface area contributed by atoms with E-state index >= 15 is 0 Å². The van der Waals surface area contributed by atoms with Crippen LogP contribution in [-0.4, -0.2) is 27.6 Å². The molecule has 2 rings (SSSR count). The van der Waals surface area contributed by atoms with Crippen LogP contribution in [0, 0.1) is 6.92 Å². The average Bonchev–Trinajstić information content (AvgIpc) is 2.88. The lowest BCUT2D eigenvalue weighted by Gasteiger charge is -2.20. The van der Waals surface area contributed by atoms with Gasteiger partial charge in [-0.2, -0.15) is 0 Å². The fourth-order valence-corrected chi connectivity index (χ4v) is 2.45. The molecule has 0 bridgehead atoms. The lowest BCUT2D eigenvalue weighted by molar-refractivity contribution is 0.0695. The Bertz CT molecular complexity index is 569. The molecule has 0 atom stereocenters. The molecule has 0 aromatic carbocycles. The van der Waals surface area contributed by atoms with Gasteiger partial charge in [-0.15, -0.1) is 11.3 Å².